The molecule has 0 aliphatic heterocycles. The van der Waals surface area contributed by atoms with E-state index in [4.69, 9.17) is 16.6 Å². The van der Waals surface area contributed by atoms with Gasteiger partial charge in [-0.05, 0) is 18.2 Å². The normalized spacial score (nSPS) is 8.67. The molecule has 0 amide bonds. The van der Waals surface area contributed by atoms with Gasteiger partial charge in [0.2, 0.25) is 0 Å². The molecule has 4 nitrogen and oxygen atoms in total. The van der Waals surface area contributed by atoms with Crippen LogP contribution in [0.15, 0.2) is 18.2 Å². The zero-order chi connectivity index (χ0) is 8.43. The molecule has 1 aromatic carbocycles. The molecule has 1 rings (SSSR count). The molecule has 5 heteroatoms. The van der Waals surface area contributed by atoms with Crippen LogP contribution >= 0.6 is 0 Å². The van der Waals surface area contributed by atoms with Gasteiger partial charge in [0.1, 0.15) is 0 Å². The monoisotopic (exact) mass is 192 g/mol. The number of aromatic carboxylic acids is 1. The second kappa shape index (κ2) is 4.83. The van der Waals surface area contributed by atoms with Crippen LogP contribution in [-0.4, -0.2) is 11.1 Å². The molecular weight excluding hydrogens is 183 g/mol. The van der Waals surface area contributed by atoms with Gasteiger partial charge < -0.3 is 18.0 Å². The Kier molecular flexibility index (Phi) is 4.80. The van der Waals surface area contributed by atoms with Crippen LogP contribution in [-0.2, 0) is 0 Å². The van der Waals surface area contributed by atoms with E-state index in [0.717, 1.165) is 0 Å². The van der Waals surface area contributed by atoms with Gasteiger partial charge in [0.25, 0.3) is 0 Å². The molecule has 0 saturated carbocycles. The number of benzene rings is 1. The van der Waals surface area contributed by atoms with Gasteiger partial charge in [-0.2, -0.15) is 0 Å². The van der Waals surface area contributed by atoms with E-state index in [2.05, 4.69) is 0 Å². The molecule has 60 valence electrons. The van der Waals surface area contributed by atoms with Crippen molar-refractivity contribution < 1.29 is 62.7 Å². The van der Waals surface area contributed by atoms with Gasteiger partial charge in [-0.3, -0.25) is 0 Å². The molecule has 0 spiro atoms. The smallest absolute Gasteiger partial charge is 1.00 e. The van der Waals surface area contributed by atoms with E-state index in [1.54, 1.807) is 0 Å². The third-order valence-corrected chi connectivity index (χ3v) is 1.22. The van der Waals surface area contributed by atoms with E-state index in [9.17, 15) is 4.79 Å². The predicted octanol–water partition coefficient (Wildman–Crippen LogP) is -2.33. The Hall–Kier alpha value is -0.0736. The largest absolute Gasteiger partial charge is 1.00 e. The fraction of sp³-hybridized carbons (Fsp3) is 0. The van der Waals surface area contributed by atoms with Crippen LogP contribution < -0.4 is 62.9 Å². The minimum Gasteiger partial charge on any atom is -1.00 e. The van der Waals surface area contributed by atoms with E-state index < -0.39 is 5.97 Å². The summed E-state index contributed by atoms with van der Waals surface area (Å²) in [4.78, 5) is 10.4. The summed E-state index contributed by atoms with van der Waals surface area (Å²) in [5, 5.41) is 8.52. The summed E-state index contributed by atoms with van der Waals surface area (Å²) in [5.74, 6) is -1.02. The first-order valence-corrected chi connectivity index (χ1v) is 2.99. The summed E-state index contributed by atoms with van der Waals surface area (Å²) in [6.07, 6.45) is 0. The van der Waals surface area contributed by atoms with E-state index in [1.807, 2.05) is 0 Å². The Morgan fingerprint density at radius 1 is 1.25 bits per heavy atom. The Morgan fingerprint density at radius 2 is 1.67 bits per heavy atom. The van der Waals surface area contributed by atoms with Crippen LogP contribution in [0, 0.1) is 0 Å². The van der Waals surface area contributed by atoms with Gasteiger partial charge in [-0.25, -0.2) is 4.79 Å². The van der Waals surface area contributed by atoms with E-state index in [1.165, 1.54) is 18.2 Å². The van der Waals surface area contributed by atoms with Crippen LogP contribution in [0.3, 0.4) is 0 Å². The number of nitrogens with two attached hydrogens (primary N) is 2. The van der Waals surface area contributed by atoms with Crippen LogP contribution in [0.1, 0.15) is 11.8 Å². The van der Waals surface area contributed by atoms with Crippen molar-refractivity contribution in [3.05, 3.63) is 23.8 Å². The Labute approximate surface area is 114 Å². The van der Waals surface area contributed by atoms with Crippen LogP contribution in [0.4, 0.5) is 11.4 Å². The van der Waals surface area contributed by atoms with Crippen molar-refractivity contribution in [3.8, 4) is 0 Å². The summed E-state index contributed by atoms with van der Waals surface area (Å²) in [7, 11) is 0. The summed E-state index contributed by atoms with van der Waals surface area (Å²) < 4.78 is 0. The van der Waals surface area contributed by atoms with Gasteiger partial charge in [0, 0.05) is 11.4 Å². The van der Waals surface area contributed by atoms with E-state index in [-0.39, 0.29) is 58.4 Å². The SMILES string of the molecule is Nc1cc(N)cc(C(=O)O)c1.[H-].[K+]. The molecule has 0 aliphatic rings. The maximum atomic E-state index is 10.4. The first kappa shape index (κ1) is 11.9. The Bertz CT molecular complexity index is 286. The summed E-state index contributed by atoms with van der Waals surface area (Å²) in [5.41, 5.74) is 11.5. The number of nitrogen functional groups attached to an aromatic ring is 2. The first-order chi connectivity index (χ1) is 5.09. The van der Waals surface area contributed by atoms with Crippen LogP contribution in [0.5, 0.6) is 0 Å². The van der Waals surface area contributed by atoms with Gasteiger partial charge in [-0.15, -0.1) is 0 Å². The van der Waals surface area contributed by atoms with E-state index in [0.29, 0.717) is 11.4 Å². The van der Waals surface area contributed by atoms with Crippen molar-refractivity contribution in [2.45, 2.75) is 0 Å². The maximum absolute atomic E-state index is 10.4. The molecule has 0 fully saturated rings. The molecule has 0 saturated heterocycles. The van der Waals surface area contributed by atoms with Crippen molar-refractivity contribution in [1.29, 1.82) is 0 Å². The number of carboxylic acids is 1. The summed E-state index contributed by atoms with van der Waals surface area (Å²) in [6, 6.07) is 4.23. The molecule has 0 unspecified atom stereocenters. The van der Waals surface area contributed by atoms with Gasteiger partial charge in [0.05, 0.1) is 5.56 Å². The number of carboxylic acid groups (broad SMARTS) is 1. The fourth-order valence-corrected chi connectivity index (χ4v) is 0.800. The summed E-state index contributed by atoms with van der Waals surface area (Å²) >= 11 is 0. The van der Waals surface area contributed by atoms with Crippen molar-refractivity contribution in [1.82, 2.24) is 0 Å². The number of carbonyl (C=O) groups is 1. The predicted molar refractivity (Wildman–Crippen MR) is 43.3 cm³/mol. The van der Waals surface area contributed by atoms with Crippen molar-refractivity contribution in [2.75, 3.05) is 11.5 Å². The van der Waals surface area contributed by atoms with Crippen molar-refractivity contribution >= 4 is 17.3 Å². The average Bonchev–Trinajstić information content (AvgIpc) is 1.85. The number of hydrogen-bond donors (Lipinski definition) is 3. The fourth-order valence-electron chi connectivity index (χ4n) is 0.800. The molecule has 0 heterocycles. The van der Waals surface area contributed by atoms with Gasteiger partial charge >= 0.3 is 57.4 Å². The Morgan fingerprint density at radius 3 is 2.00 bits per heavy atom. The molecule has 5 N–H and O–H groups in total. The standard InChI is InChI=1S/C7H8N2O2.K.H/c8-5-1-4(7(10)11)2-6(9)3-5;;/h1-3H,8-9H2,(H,10,11);;/q;+1;-1. The molecule has 0 atom stereocenters. The zero-order valence-corrected chi connectivity index (χ0v) is 9.87. The molecule has 0 radical (unpaired) electrons. The zero-order valence-electron chi connectivity index (χ0n) is 7.74. The van der Waals surface area contributed by atoms with E-state index >= 15 is 0 Å². The molecule has 0 aromatic heterocycles. The van der Waals surface area contributed by atoms with Gasteiger partial charge in [-0.1, -0.05) is 0 Å². The Balaban J connectivity index is 0. The minimum absolute atomic E-state index is 0. The molecule has 0 aliphatic carbocycles. The number of rotatable bonds is 1. The minimum atomic E-state index is -1.02. The second-order valence-corrected chi connectivity index (χ2v) is 2.19. The second-order valence-electron chi connectivity index (χ2n) is 2.19. The molecule has 12 heavy (non-hydrogen) atoms. The third-order valence-electron chi connectivity index (χ3n) is 1.22. The van der Waals surface area contributed by atoms with Crippen molar-refractivity contribution in [2.24, 2.45) is 0 Å². The third kappa shape index (κ3) is 3.12. The van der Waals surface area contributed by atoms with Crippen molar-refractivity contribution in [3.63, 3.8) is 0 Å². The topological polar surface area (TPSA) is 89.3 Å². The average molecular weight is 192 g/mol. The number of anilines is 2. The quantitative estimate of drug-likeness (QED) is 0.344. The number of hydrogen-bond acceptors (Lipinski definition) is 3. The van der Waals surface area contributed by atoms with Gasteiger partial charge in [0.15, 0.2) is 0 Å². The van der Waals surface area contributed by atoms with Crippen LogP contribution in [0.2, 0.25) is 0 Å². The first-order valence-electron chi connectivity index (χ1n) is 2.99. The molecule has 1 aromatic rings. The van der Waals surface area contributed by atoms with Crippen LogP contribution in [0.25, 0.3) is 0 Å². The molecule has 0 bridgehead atoms. The summed E-state index contributed by atoms with van der Waals surface area (Å²) in [6.45, 7) is 0. The maximum Gasteiger partial charge on any atom is 1.00 e. The molecular formula is C7H9KN2O2.